The lowest BCUT2D eigenvalue weighted by atomic mass is 9.76. The number of halogens is 3. The van der Waals surface area contributed by atoms with E-state index in [1.807, 2.05) is 6.07 Å². The lowest BCUT2D eigenvalue weighted by molar-refractivity contribution is -0.179. The van der Waals surface area contributed by atoms with Gasteiger partial charge in [-0.25, -0.2) is 17.9 Å². The highest BCUT2D eigenvalue weighted by atomic mass is 32.2. The molecule has 2 aliphatic rings. The van der Waals surface area contributed by atoms with Crippen LogP contribution >= 0.6 is 11.8 Å². The van der Waals surface area contributed by atoms with Crippen LogP contribution in [0.2, 0.25) is 0 Å². The first kappa shape index (κ1) is 32.3. The van der Waals surface area contributed by atoms with Crippen LogP contribution < -0.4 is 5.32 Å². The average molecular weight is 639 g/mol. The third kappa shape index (κ3) is 5.97. The average Bonchev–Trinajstić information content (AvgIpc) is 3.51. The number of nitrogens with one attached hydrogen (secondary N) is 1. The summed E-state index contributed by atoms with van der Waals surface area (Å²) in [7, 11) is 1.44. The molecule has 0 saturated carbocycles. The van der Waals surface area contributed by atoms with Gasteiger partial charge in [0.2, 0.25) is 5.91 Å². The largest absolute Gasteiger partial charge is 0.394 e. The van der Waals surface area contributed by atoms with Gasteiger partial charge in [-0.1, -0.05) is 35.5 Å². The van der Waals surface area contributed by atoms with Gasteiger partial charge >= 0.3 is 0 Å². The number of carbonyl (C=O) groups excluding carboxylic acids is 1. The first-order chi connectivity index (χ1) is 21.0. The normalized spacial score (nSPS) is 26.6. The standard InChI is InChI=1S/C29H33F3N4O7S/c1-33-27(40)29(13-16-5-3-2-4-6-16,28(41)7-9-42-10-8-28)44-26-25(39)23(24(38)21(15-37)43-26)36-14-20(34-35-36)17-11-18(30)22(32)19(31)12-17/h2-6,11-12,14,21,23-26,37-39,41H,7-10,13,15H2,1H3,(H,33,40)/t21-,23+,24+,25-,26+,29-/m1/s1. The molecule has 2 aromatic carbocycles. The van der Waals surface area contributed by atoms with Crippen LogP contribution in [0.5, 0.6) is 0 Å². The van der Waals surface area contributed by atoms with Gasteiger partial charge in [0.1, 0.15) is 40.2 Å². The van der Waals surface area contributed by atoms with Crippen LogP contribution in [0.3, 0.4) is 0 Å². The van der Waals surface area contributed by atoms with Gasteiger partial charge < -0.3 is 35.2 Å². The number of thioether (sulfide) groups is 1. The van der Waals surface area contributed by atoms with Crippen molar-refractivity contribution in [3.05, 3.63) is 71.7 Å². The zero-order valence-corrected chi connectivity index (χ0v) is 24.5. The number of carbonyl (C=O) groups is 1. The van der Waals surface area contributed by atoms with Crippen molar-refractivity contribution in [1.29, 1.82) is 0 Å². The number of rotatable bonds is 9. The van der Waals surface area contributed by atoms with Crippen LogP contribution in [0, 0.1) is 17.5 Å². The molecule has 0 unspecified atom stereocenters. The molecule has 3 heterocycles. The summed E-state index contributed by atoms with van der Waals surface area (Å²) in [5.74, 6) is -5.05. The molecule has 2 aliphatic heterocycles. The minimum absolute atomic E-state index is 0.0352. The zero-order valence-electron chi connectivity index (χ0n) is 23.6. The Labute approximate surface area is 255 Å². The van der Waals surface area contributed by atoms with Crippen molar-refractivity contribution in [3.63, 3.8) is 0 Å². The summed E-state index contributed by atoms with van der Waals surface area (Å²) >= 11 is 0.868. The Morgan fingerprint density at radius 3 is 2.41 bits per heavy atom. The number of nitrogens with zero attached hydrogens (tertiary/aromatic N) is 3. The molecule has 5 rings (SSSR count). The van der Waals surface area contributed by atoms with Crippen molar-refractivity contribution in [2.75, 3.05) is 26.9 Å². The Morgan fingerprint density at radius 2 is 1.80 bits per heavy atom. The molecule has 44 heavy (non-hydrogen) atoms. The van der Waals surface area contributed by atoms with Gasteiger partial charge in [-0.3, -0.25) is 4.79 Å². The van der Waals surface area contributed by atoms with Gasteiger partial charge in [-0.2, -0.15) is 0 Å². The fourth-order valence-electron chi connectivity index (χ4n) is 5.79. The Balaban J connectivity index is 1.54. The van der Waals surface area contributed by atoms with Crippen LogP contribution in [-0.2, 0) is 20.7 Å². The smallest absolute Gasteiger partial charge is 0.239 e. The van der Waals surface area contributed by atoms with Gasteiger partial charge in [0, 0.05) is 38.7 Å². The summed E-state index contributed by atoms with van der Waals surface area (Å²) < 4.78 is 52.2. The van der Waals surface area contributed by atoms with Crippen molar-refractivity contribution in [2.24, 2.45) is 0 Å². The lowest BCUT2D eigenvalue weighted by Gasteiger charge is -2.51. The topological polar surface area (TPSA) is 159 Å². The molecule has 2 fully saturated rings. The number of benzene rings is 2. The Bertz CT molecular complexity index is 1440. The second-order valence-electron chi connectivity index (χ2n) is 10.9. The predicted octanol–water partition coefficient (Wildman–Crippen LogP) is 1.34. The molecule has 2 saturated heterocycles. The maximum absolute atomic E-state index is 13.9. The van der Waals surface area contributed by atoms with Gasteiger partial charge in [-0.05, 0) is 24.1 Å². The van der Waals surface area contributed by atoms with Gasteiger partial charge in [0.25, 0.3) is 0 Å². The molecule has 0 bridgehead atoms. The van der Waals surface area contributed by atoms with Gasteiger partial charge in [0.05, 0.1) is 18.4 Å². The van der Waals surface area contributed by atoms with Crippen molar-refractivity contribution in [2.45, 2.75) is 59.4 Å². The first-order valence-electron chi connectivity index (χ1n) is 14.0. The number of aliphatic hydroxyl groups is 4. The van der Waals surface area contributed by atoms with E-state index in [-0.39, 0.29) is 43.7 Å². The molecular weight excluding hydrogens is 605 g/mol. The number of amides is 1. The second-order valence-corrected chi connectivity index (χ2v) is 12.3. The lowest BCUT2D eigenvalue weighted by Crippen LogP contribution is -2.65. The maximum atomic E-state index is 13.9. The van der Waals surface area contributed by atoms with E-state index in [9.17, 15) is 38.4 Å². The molecule has 3 aromatic rings. The van der Waals surface area contributed by atoms with Crippen LogP contribution in [-0.4, -0.2) is 102 Å². The molecule has 1 amide bonds. The molecule has 0 radical (unpaired) electrons. The van der Waals surface area contributed by atoms with E-state index >= 15 is 0 Å². The van der Waals surface area contributed by atoms with Crippen molar-refractivity contribution in [1.82, 2.24) is 20.3 Å². The summed E-state index contributed by atoms with van der Waals surface area (Å²) in [6, 6.07) is 9.16. The van der Waals surface area contributed by atoms with Crippen LogP contribution in [0.4, 0.5) is 13.2 Å². The molecule has 15 heteroatoms. The van der Waals surface area contributed by atoms with Crippen molar-refractivity contribution in [3.8, 4) is 11.3 Å². The van der Waals surface area contributed by atoms with E-state index in [0.717, 1.165) is 34.1 Å². The number of ether oxygens (including phenoxy) is 2. The molecule has 238 valence electrons. The summed E-state index contributed by atoms with van der Waals surface area (Å²) in [4.78, 5) is 13.8. The predicted molar refractivity (Wildman–Crippen MR) is 152 cm³/mol. The molecule has 6 atom stereocenters. The Hall–Kier alpha value is -3.05. The fourth-order valence-corrected chi connectivity index (χ4v) is 7.57. The van der Waals surface area contributed by atoms with Crippen molar-refractivity contribution < 1.29 is 47.9 Å². The summed E-state index contributed by atoms with van der Waals surface area (Å²) in [5, 5.41) is 55.4. The maximum Gasteiger partial charge on any atom is 0.239 e. The Kier molecular flexibility index (Phi) is 9.65. The third-order valence-electron chi connectivity index (χ3n) is 8.22. The molecule has 5 N–H and O–H groups in total. The fraction of sp³-hybridized carbons (Fsp3) is 0.483. The quantitative estimate of drug-likeness (QED) is 0.217. The van der Waals surface area contributed by atoms with E-state index in [1.165, 1.54) is 13.2 Å². The number of hydrogen-bond donors (Lipinski definition) is 5. The zero-order chi connectivity index (χ0) is 31.6. The minimum Gasteiger partial charge on any atom is -0.394 e. The monoisotopic (exact) mass is 638 g/mol. The van der Waals surface area contributed by atoms with Gasteiger partial charge in [-0.15, -0.1) is 16.9 Å². The number of hydrogen-bond acceptors (Lipinski definition) is 10. The molecule has 0 aliphatic carbocycles. The first-order valence-corrected chi connectivity index (χ1v) is 14.8. The van der Waals surface area contributed by atoms with E-state index < -0.39 is 70.1 Å². The van der Waals surface area contributed by atoms with E-state index in [0.29, 0.717) is 0 Å². The molecule has 0 spiro atoms. The minimum atomic E-state index is -1.65. The number of aromatic nitrogens is 3. The van der Waals surface area contributed by atoms with E-state index in [1.54, 1.807) is 24.3 Å². The van der Waals surface area contributed by atoms with Crippen LogP contribution in [0.15, 0.2) is 48.7 Å². The highest BCUT2D eigenvalue weighted by Crippen LogP contribution is 2.50. The third-order valence-corrected chi connectivity index (χ3v) is 9.96. The molecule has 1 aromatic heterocycles. The molecular formula is C29H33F3N4O7S. The van der Waals surface area contributed by atoms with Crippen LogP contribution in [0.1, 0.15) is 24.4 Å². The summed E-state index contributed by atoms with van der Waals surface area (Å²) in [6.45, 7) is -0.307. The van der Waals surface area contributed by atoms with Crippen molar-refractivity contribution >= 4 is 17.7 Å². The highest BCUT2D eigenvalue weighted by Gasteiger charge is 2.60. The Morgan fingerprint density at radius 1 is 1.14 bits per heavy atom. The van der Waals surface area contributed by atoms with E-state index in [4.69, 9.17) is 9.47 Å². The van der Waals surface area contributed by atoms with Gasteiger partial charge in [0.15, 0.2) is 17.5 Å². The second kappa shape index (κ2) is 13.1. The number of aliphatic hydroxyl groups excluding tert-OH is 3. The van der Waals surface area contributed by atoms with E-state index in [2.05, 4.69) is 15.6 Å². The summed E-state index contributed by atoms with van der Waals surface area (Å²) in [5.41, 5.74) is -2.42. The van der Waals surface area contributed by atoms with Crippen LogP contribution in [0.25, 0.3) is 11.3 Å². The highest BCUT2D eigenvalue weighted by molar-refractivity contribution is 8.02. The SMILES string of the molecule is CNC(=O)[C@@](Cc1ccccc1)(S[C@@H]1O[C@H](CO)[C@H](O)[C@H](n2cc(-c3cc(F)c(F)c(F)c3)nn2)[C@H]1O)C1(O)CCOCC1. The molecule has 11 nitrogen and oxygen atoms in total. The summed E-state index contributed by atoms with van der Waals surface area (Å²) in [6.07, 6.45) is -2.96.